The van der Waals surface area contributed by atoms with Gasteiger partial charge in [-0.1, -0.05) is 121 Å². The number of hydrogen-bond acceptors (Lipinski definition) is 4. The van der Waals surface area contributed by atoms with Gasteiger partial charge in [0.1, 0.15) is 0 Å². The lowest BCUT2D eigenvalue weighted by molar-refractivity contribution is 1.06. The van der Waals surface area contributed by atoms with Crippen LogP contribution < -0.4 is 0 Å². The van der Waals surface area contributed by atoms with Gasteiger partial charge >= 0.3 is 0 Å². The van der Waals surface area contributed by atoms with Crippen LogP contribution in [0.4, 0.5) is 0 Å². The third-order valence-electron chi connectivity index (χ3n) is 8.11. The quantitative estimate of drug-likeness (QED) is 0.205. The molecular weight excluding hydrogens is 550 g/mol. The van der Waals surface area contributed by atoms with E-state index in [1.165, 1.54) is 0 Å². The topological polar surface area (TPSA) is 67.4 Å². The van der Waals surface area contributed by atoms with Crippen LogP contribution in [0.2, 0.25) is 0 Å². The molecule has 8 aromatic rings. The minimum atomic E-state index is 0.446. The first kappa shape index (κ1) is 26.3. The fourth-order valence-electron chi connectivity index (χ4n) is 6.02. The van der Waals surface area contributed by atoms with E-state index in [1.54, 1.807) is 0 Å². The van der Waals surface area contributed by atoms with Gasteiger partial charge in [0.25, 0.3) is 0 Å². The SMILES string of the molecule is N#Cc1cccc(-n2c3ccccc3c3cc(-c4ccccc4)ccc32)c1-c1nc(-c2ccccc2)nc(-c2ccccc2)n1. The predicted octanol–water partition coefficient (Wildman–Crippen LogP) is 9.51. The summed E-state index contributed by atoms with van der Waals surface area (Å²) in [6.45, 7) is 0. The summed E-state index contributed by atoms with van der Waals surface area (Å²) in [5.41, 5.74) is 8.11. The van der Waals surface area contributed by atoms with E-state index >= 15 is 0 Å². The molecule has 8 rings (SSSR count). The summed E-state index contributed by atoms with van der Waals surface area (Å²) in [6, 6.07) is 53.4. The van der Waals surface area contributed by atoms with Gasteiger partial charge in [0.2, 0.25) is 0 Å². The lowest BCUT2D eigenvalue weighted by atomic mass is 10.0. The van der Waals surface area contributed by atoms with Crippen molar-refractivity contribution in [1.82, 2.24) is 19.5 Å². The largest absolute Gasteiger partial charge is 0.308 e. The van der Waals surface area contributed by atoms with Gasteiger partial charge < -0.3 is 4.57 Å². The number of hydrogen-bond donors (Lipinski definition) is 0. The van der Waals surface area contributed by atoms with Crippen molar-refractivity contribution in [2.45, 2.75) is 0 Å². The predicted molar refractivity (Wildman–Crippen MR) is 181 cm³/mol. The number of nitriles is 1. The first-order chi connectivity index (χ1) is 22.3. The smallest absolute Gasteiger partial charge is 0.167 e. The van der Waals surface area contributed by atoms with Crippen molar-refractivity contribution >= 4 is 21.8 Å². The third kappa shape index (κ3) is 4.62. The van der Waals surface area contributed by atoms with Crippen molar-refractivity contribution in [1.29, 1.82) is 5.26 Å². The molecule has 0 aliphatic rings. The second-order valence-electron chi connectivity index (χ2n) is 10.8. The molecule has 0 spiro atoms. The van der Waals surface area contributed by atoms with Crippen molar-refractivity contribution in [3.63, 3.8) is 0 Å². The molecule has 0 atom stereocenters. The molecule has 0 saturated carbocycles. The number of nitrogens with zero attached hydrogens (tertiary/aromatic N) is 5. The highest BCUT2D eigenvalue weighted by atomic mass is 15.1. The van der Waals surface area contributed by atoms with Crippen molar-refractivity contribution in [2.75, 3.05) is 0 Å². The van der Waals surface area contributed by atoms with Gasteiger partial charge in [-0.15, -0.1) is 0 Å². The summed E-state index contributed by atoms with van der Waals surface area (Å²) in [5, 5.41) is 12.7. The van der Waals surface area contributed by atoms with Gasteiger partial charge in [0.15, 0.2) is 17.5 Å². The van der Waals surface area contributed by atoms with E-state index in [0.29, 0.717) is 28.6 Å². The van der Waals surface area contributed by atoms with E-state index < -0.39 is 0 Å². The van der Waals surface area contributed by atoms with Crippen LogP contribution in [0.1, 0.15) is 5.56 Å². The van der Waals surface area contributed by atoms with Gasteiger partial charge in [0, 0.05) is 21.9 Å². The van der Waals surface area contributed by atoms with E-state index in [-0.39, 0.29) is 0 Å². The molecule has 2 aromatic heterocycles. The van der Waals surface area contributed by atoms with Crippen LogP contribution in [0.15, 0.2) is 152 Å². The van der Waals surface area contributed by atoms with Crippen LogP contribution in [-0.2, 0) is 0 Å². The average molecular weight is 576 g/mol. The number of para-hydroxylation sites is 1. The highest BCUT2D eigenvalue weighted by molar-refractivity contribution is 6.11. The van der Waals surface area contributed by atoms with Gasteiger partial charge in [-0.05, 0) is 41.5 Å². The third-order valence-corrected chi connectivity index (χ3v) is 8.11. The molecule has 0 amide bonds. The van der Waals surface area contributed by atoms with E-state index in [9.17, 15) is 5.26 Å². The standard InChI is InChI=1S/C40H25N5/c41-26-31-19-12-22-36(37(31)40-43-38(28-15-6-2-7-16-28)42-39(44-40)29-17-8-3-9-18-29)45-34-21-11-10-20-32(34)33-25-30(23-24-35(33)45)27-13-4-1-5-14-27/h1-25H. The Labute approximate surface area is 260 Å². The van der Waals surface area contributed by atoms with Crippen LogP contribution >= 0.6 is 0 Å². The van der Waals surface area contributed by atoms with E-state index in [0.717, 1.165) is 49.7 Å². The van der Waals surface area contributed by atoms with Crippen molar-refractivity contribution in [3.05, 3.63) is 157 Å². The van der Waals surface area contributed by atoms with E-state index in [1.807, 2.05) is 91.0 Å². The van der Waals surface area contributed by atoms with Crippen LogP contribution in [0.5, 0.6) is 0 Å². The second kappa shape index (κ2) is 11.0. The zero-order valence-electron chi connectivity index (χ0n) is 24.2. The maximum atomic E-state index is 10.4. The first-order valence-corrected chi connectivity index (χ1v) is 14.8. The molecule has 0 bridgehead atoms. The Morgan fingerprint density at radius 3 is 1.64 bits per heavy atom. The fourth-order valence-corrected chi connectivity index (χ4v) is 6.02. The molecule has 6 aromatic carbocycles. The Bertz CT molecular complexity index is 2310. The highest BCUT2D eigenvalue weighted by Crippen LogP contribution is 2.39. The Morgan fingerprint density at radius 1 is 0.444 bits per heavy atom. The molecule has 0 fully saturated rings. The first-order valence-electron chi connectivity index (χ1n) is 14.8. The molecule has 5 heteroatoms. The number of rotatable bonds is 5. The lowest BCUT2D eigenvalue weighted by Gasteiger charge is -2.16. The van der Waals surface area contributed by atoms with Gasteiger partial charge in [-0.25, -0.2) is 15.0 Å². The lowest BCUT2D eigenvalue weighted by Crippen LogP contribution is -2.05. The molecule has 0 unspecified atom stereocenters. The molecule has 5 nitrogen and oxygen atoms in total. The summed E-state index contributed by atoms with van der Waals surface area (Å²) >= 11 is 0. The van der Waals surface area contributed by atoms with Crippen LogP contribution in [0.25, 0.3) is 72.8 Å². The molecule has 45 heavy (non-hydrogen) atoms. The molecule has 2 heterocycles. The average Bonchev–Trinajstić information content (AvgIpc) is 3.45. The molecule has 210 valence electrons. The number of aromatic nitrogens is 4. The second-order valence-corrected chi connectivity index (χ2v) is 10.8. The van der Waals surface area contributed by atoms with Crippen molar-refractivity contribution < 1.29 is 0 Å². The van der Waals surface area contributed by atoms with Gasteiger partial charge in [-0.3, -0.25) is 0 Å². The monoisotopic (exact) mass is 575 g/mol. The molecule has 0 aliphatic carbocycles. The highest BCUT2D eigenvalue weighted by Gasteiger charge is 2.22. The molecule has 0 radical (unpaired) electrons. The minimum Gasteiger partial charge on any atom is -0.308 e. The zero-order valence-corrected chi connectivity index (χ0v) is 24.2. The summed E-state index contributed by atoms with van der Waals surface area (Å²) in [7, 11) is 0. The summed E-state index contributed by atoms with van der Waals surface area (Å²) in [5.74, 6) is 1.54. The van der Waals surface area contributed by atoms with Crippen LogP contribution in [-0.4, -0.2) is 19.5 Å². The van der Waals surface area contributed by atoms with E-state index in [4.69, 9.17) is 15.0 Å². The maximum absolute atomic E-state index is 10.4. The fraction of sp³-hybridized carbons (Fsp3) is 0. The summed E-state index contributed by atoms with van der Waals surface area (Å²) in [4.78, 5) is 14.9. The molecule has 0 saturated heterocycles. The zero-order chi connectivity index (χ0) is 30.2. The van der Waals surface area contributed by atoms with E-state index in [2.05, 4.69) is 71.3 Å². The normalized spacial score (nSPS) is 11.1. The number of fused-ring (bicyclic) bond motifs is 3. The van der Waals surface area contributed by atoms with Crippen LogP contribution in [0.3, 0.4) is 0 Å². The number of benzene rings is 6. The summed E-state index contributed by atoms with van der Waals surface area (Å²) < 4.78 is 2.23. The Morgan fingerprint density at radius 2 is 1.00 bits per heavy atom. The molecule has 0 aliphatic heterocycles. The van der Waals surface area contributed by atoms with Crippen molar-refractivity contribution in [3.8, 4) is 57.0 Å². The van der Waals surface area contributed by atoms with Crippen LogP contribution in [0, 0.1) is 11.3 Å². The molecule has 0 N–H and O–H groups in total. The summed E-state index contributed by atoms with van der Waals surface area (Å²) in [6.07, 6.45) is 0. The van der Waals surface area contributed by atoms with Gasteiger partial charge in [0.05, 0.1) is 33.9 Å². The van der Waals surface area contributed by atoms with Gasteiger partial charge in [-0.2, -0.15) is 5.26 Å². The minimum absolute atomic E-state index is 0.446. The van der Waals surface area contributed by atoms with Crippen molar-refractivity contribution in [2.24, 2.45) is 0 Å². The Balaban J connectivity index is 1.42. The Kier molecular flexibility index (Phi) is 6.44. The maximum Gasteiger partial charge on any atom is 0.167 e. The molecular formula is C40H25N5. The Hall–Kier alpha value is -6.38.